The van der Waals surface area contributed by atoms with Gasteiger partial charge in [0.15, 0.2) is 5.82 Å². The second-order valence-electron chi connectivity index (χ2n) is 5.29. The average molecular weight is 300 g/mol. The number of fused-ring (bicyclic) bond motifs is 2. The van der Waals surface area contributed by atoms with Crippen LogP contribution in [0.3, 0.4) is 0 Å². The lowest BCUT2D eigenvalue weighted by molar-refractivity contribution is 0.415. The quantitative estimate of drug-likeness (QED) is 0.854. The Bertz CT molecular complexity index is 692. The van der Waals surface area contributed by atoms with Crippen molar-refractivity contribution in [2.24, 2.45) is 5.10 Å². The first kappa shape index (κ1) is 12.9. The Labute approximate surface area is 127 Å². The van der Waals surface area contributed by atoms with Crippen LogP contribution in [-0.4, -0.2) is 32.9 Å². The van der Waals surface area contributed by atoms with Crippen LogP contribution >= 0.6 is 11.8 Å². The van der Waals surface area contributed by atoms with Gasteiger partial charge in [-0.1, -0.05) is 18.2 Å². The van der Waals surface area contributed by atoms with Gasteiger partial charge in [-0.05, 0) is 43.5 Å². The van der Waals surface area contributed by atoms with Gasteiger partial charge in [-0.25, -0.2) is 0 Å². The molecule has 2 aromatic rings. The molecule has 0 radical (unpaired) electrons. The van der Waals surface area contributed by atoms with E-state index in [0.29, 0.717) is 5.25 Å². The highest BCUT2D eigenvalue weighted by Crippen LogP contribution is 2.37. The predicted octanol–water partition coefficient (Wildman–Crippen LogP) is 3.21. The maximum atomic E-state index is 5.20. The van der Waals surface area contributed by atoms with Crippen LogP contribution < -0.4 is 4.74 Å². The summed E-state index contributed by atoms with van der Waals surface area (Å²) in [6.07, 6.45) is 4.83. The molecule has 4 rings (SSSR count). The molecule has 0 saturated heterocycles. The lowest BCUT2D eigenvalue weighted by Gasteiger charge is -2.26. The normalized spacial score (nSPS) is 20.4. The fourth-order valence-electron chi connectivity index (χ4n) is 2.81. The number of thioether (sulfide) groups is 1. The van der Waals surface area contributed by atoms with Gasteiger partial charge in [0.25, 0.3) is 0 Å². The lowest BCUT2D eigenvalue weighted by atomic mass is 9.98. The molecule has 1 aliphatic heterocycles. The predicted molar refractivity (Wildman–Crippen MR) is 83.0 cm³/mol. The van der Waals surface area contributed by atoms with Crippen molar-refractivity contribution in [3.63, 3.8) is 0 Å². The molecular weight excluding hydrogens is 284 g/mol. The Morgan fingerprint density at radius 3 is 2.86 bits per heavy atom. The van der Waals surface area contributed by atoms with E-state index in [1.807, 2.05) is 28.9 Å². The number of benzene rings is 1. The third kappa shape index (κ3) is 2.23. The SMILES string of the molecule is COc1ccc(-c2nnc3n2N=C2CCCCC2S3)cc1. The minimum Gasteiger partial charge on any atom is -0.497 e. The zero-order valence-electron chi connectivity index (χ0n) is 11.8. The molecule has 1 saturated carbocycles. The standard InChI is InChI=1S/C15H16N4OS/c1-20-11-8-6-10(7-9-11)14-16-17-15-19(14)18-12-4-2-3-5-13(12)21-15/h6-9,13H,2-5H2,1H3. The maximum Gasteiger partial charge on any atom is 0.213 e. The van der Waals surface area contributed by atoms with Crippen LogP contribution in [0.2, 0.25) is 0 Å². The molecule has 6 heteroatoms. The summed E-state index contributed by atoms with van der Waals surface area (Å²) in [6, 6.07) is 7.86. The minimum atomic E-state index is 0.499. The van der Waals surface area contributed by atoms with Crippen LogP contribution in [0.25, 0.3) is 11.4 Å². The highest BCUT2D eigenvalue weighted by molar-refractivity contribution is 8.00. The van der Waals surface area contributed by atoms with Crippen LogP contribution in [0.5, 0.6) is 5.75 Å². The summed E-state index contributed by atoms with van der Waals surface area (Å²) in [5, 5.41) is 14.8. The molecule has 21 heavy (non-hydrogen) atoms. The van der Waals surface area contributed by atoms with E-state index >= 15 is 0 Å². The van der Waals surface area contributed by atoms with E-state index in [4.69, 9.17) is 9.84 Å². The van der Waals surface area contributed by atoms with E-state index in [1.54, 1.807) is 18.9 Å². The second kappa shape index (κ2) is 5.18. The van der Waals surface area contributed by atoms with Crippen molar-refractivity contribution in [2.45, 2.75) is 36.1 Å². The fraction of sp³-hybridized carbons (Fsp3) is 0.400. The Kier molecular flexibility index (Phi) is 3.18. The molecule has 1 unspecified atom stereocenters. The van der Waals surface area contributed by atoms with E-state index in [9.17, 15) is 0 Å². The fourth-order valence-corrected chi connectivity index (χ4v) is 3.96. The Morgan fingerprint density at radius 2 is 2.05 bits per heavy atom. The van der Waals surface area contributed by atoms with Gasteiger partial charge < -0.3 is 4.74 Å². The molecule has 1 aromatic heterocycles. The maximum absolute atomic E-state index is 5.20. The molecule has 0 amide bonds. The summed E-state index contributed by atoms with van der Waals surface area (Å²) in [6.45, 7) is 0. The highest BCUT2D eigenvalue weighted by Gasteiger charge is 2.29. The van der Waals surface area contributed by atoms with Gasteiger partial charge in [0.1, 0.15) is 5.75 Å². The smallest absolute Gasteiger partial charge is 0.213 e. The number of hydrogen-bond acceptors (Lipinski definition) is 5. The number of methoxy groups -OCH3 is 1. The van der Waals surface area contributed by atoms with Crippen LogP contribution in [0.4, 0.5) is 0 Å². The molecule has 0 spiro atoms. The van der Waals surface area contributed by atoms with Crippen molar-refractivity contribution in [3.05, 3.63) is 24.3 Å². The van der Waals surface area contributed by atoms with E-state index in [2.05, 4.69) is 10.2 Å². The van der Waals surface area contributed by atoms with Crippen LogP contribution in [0, 0.1) is 0 Å². The first-order valence-corrected chi connectivity index (χ1v) is 8.07. The molecule has 1 aliphatic carbocycles. The molecule has 0 bridgehead atoms. The van der Waals surface area contributed by atoms with Crippen molar-refractivity contribution < 1.29 is 4.74 Å². The topological polar surface area (TPSA) is 52.3 Å². The number of ether oxygens (including phenoxy) is 1. The highest BCUT2D eigenvalue weighted by atomic mass is 32.2. The number of aromatic nitrogens is 3. The van der Waals surface area contributed by atoms with Gasteiger partial charge in [0, 0.05) is 5.56 Å². The summed E-state index contributed by atoms with van der Waals surface area (Å²) < 4.78 is 7.09. The van der Waals surface area contributed by atoms with Crippen molar-refractivity contribution in [1.82, 2.24) is 14.9 Å². The Balaban J connectivity index is 1.74. The first-order chi connectivity index (χ1) is 10.3. The molecule has 1 fully saturated rings. The van der Waals surface area contributed by atoms with Gasteiger partial charge in [-0.15, -0.1) is 10.2 Å². The number of nitrogens with zero attached hydrogens (tertiary/aromatic N) is 4. The monoisotopic (exact) mass is 300 g/mol. The zero-order valence-corrected chi connectivity index (χ0v) is 12.6. The molecule has 1 aromatic carbocycles. The molecule has 2 aliphatic rings. The van der Waals surface area contributed by atoms with Crippen LogP contribution in [0.15, 0.2) is 34.5 Å². The summed E-state index contributed by atoms with van der Waals surface area (Å²) >= 11 is 1.80. The largest absolute Gasteiger partial charge is 0.497 e. The zero-order chi connectivity index (χ0) is 14.2. The van der Waals surface area contributed by atoms with E-state index < -0.39 is 0 Å². The van der Waals surface area contributed by atoms with Gasteiger partial charge in [-0.2, -0.15) is 9.78 Å². The van der Waals surface area contributed by atoms with Crippen molar-refractivity contribution in [3.8, 4) is 17.1 Å². The third-order valence-electron chi connectivity index (χ3n) is 3.96. The van der Waals surface area contributed by atoms with Crippen molar-refractivity contribution in [1.29, 1.82) is 0 Å². The van der Waals surface area contributed by atoms with Crippen LogP contribution in [-0.2, 0) is 0 Å². The van der Waals surface area contributed by atoms with Gasteiger partial charge in [-0.3, -0.25) is 0 Å². The Morgan fingerprint density at radius 1 is 1.19 bits per heavy atom. The average Bonchev–Trinajstić information content (AvgIpc) is 2.95. The molecule has 2 heterocycles. The van der Waals surface area contributed by atoms with Crippen molar-refractivity contribution in [2.75, 3.05) is 7.11 Å². The summed E-state index contributed by atoms with van der Waals surface area (Å²) in [5.41, 5.74) is 2.29. The van der Waals surface area contributed by atoms with Crippen molar-refractivity contribution >= 4 is 17.5 Å². The Hall–Kier alpha value is -1.82. The van der Waals surface area contributed by atoms with Gasteiger partial charge in [0.2, 0.25) is 5.16 Å². The molecule has 5 nitrogen and oxygen atoms in total. The molecule has 108 valence electrons. The van der Waals surface area contributed by atoms with Gasteiger partial charge in [0.05, 0.1) is 18.1 Å². The summed E-state index contributed by atoms with van der Waals surface area (Å²) in [7, 11) is 1.67. The number of rotatable bonds is 2. The van der Waals surface area contributed by atoms with Gasteiger partial charge >= 0.3 is 0 Å². The second-order valence-corrected chi connectivity index (χ2v) is 6.46. The summed E-state index contributed by atoms with van der Waals surface area (Å²) in [4.78, 5) is 0. The number of hydrogen-bond donors (Lipinski definition) is 0. The van der Waals surface area contributed by atoms with E-state index in [-0.39, 0.29) is 0 Å². The third-order valence-corrected chi connectivity index (χ3v) is 5.22. The summed E-state index contributed by atoms with van der Waals surface area (Å²) in [5.74, 6) is 1.64. The first-order valence-electron chi connectivity index (χ1n) is 7.19. The lowest BCUT2D eigenvalue weighted by Crippen LogP contribution is -2.26. The molecule has 1 atom stereocenters. The molecular formula is C15H16N4OS. The van der Waals surface area contributed by atoms with Crippen LogP contribution in [0.1, 0.15) is 25.7 Å². The minimum absolute atomic E-state index is 0.499. The van der Waals surface area contributed by atoms with E-state index in [1.165, 1.54) is 25.0 Å². The van der Waals surface area contributed by atoms with E-state index in [0.717, 1.165) is 28.7 Å². The molecule has 0 N–H and O–H groups in total.